The summed E-state index contributed by atoms with van der Waals surface area (Å²) < 4.78 is 14.9. The molecule has 0 saturated carbocycles. The second-order valence-electron chi connectivity index (χ2n) is 9.03. The molecule has 0 aliphatic heterocycles. The summed E-state index contributed by atoms with van der Waals surface area (Å²) in [5, 5.41) is 6.77. The highest BCUT2D eigenvalue weighted by Crippen LogP contribution is 2.33. The molecule has 9 heteroatoms. The Morgan fingerprint density at radius 3 is 2.59 bits per heavy atom. The molecule has 0 N–H and O–H groups in total. The number of benzene rings is 3. The van der Waals surface area contributed by atoms with Crippen molar-refractivity contribution >= 4 is 51.3 Å². The highest BCUT2D eigenvalue weighted by Gasteiger charge is 2.19. The Balaban J connectivity index is 1.53. The van der Waals surface area contributed by atoms with Gasteiger partial charge in [0.05, 0.1) is 45.3 Å². The predicted octanol–water partition coefficient (Wildman–Crippen LogP) is 7.41. The van der Waals surface area contributed by atoms with Gasteiger partial charge in [0.15, 0.2) is 5.76 Å². The molecular weight excluding hydrogens is 535 g/mol. The maximum atomic E-state index is 13.6. The minimum absolute atomic E-state index is 0.278. The molecule has 0 aliphatic rings. The number of furan rings is 1. The summed E-state index contributed by atoms with van der Waals surface area (Å²) in [6.45, 7) is 3.93. The van der Waals surface area contributed by atoms with Gasteiger partial charge in [0.1, 0.15) is 11.3 Å². The zero-order valence-electron chi connectivity index (χ0n) is 21.3. The number of aromatic nitrogens is 3. The first-order valence-corrected chi connectivity index (χ1v) is 12.9. The van der Waals surface area contributed by atoms with Crippen molar-refractivity contribution in [1.29, 1.82) is 0 Å². The first-order chi connectivity index (χ1) is 18.9. The first-order valence-electron chi connectivity index (χ1n) is 12.1. The summed E-state index contributed by atoms with van der Waals surface area (Å²) in [6.07, 6.45) is 1.64. The highest BCUT2D eigenvalue weighted by atomic mass is 35.5. The Hall–Kier alpha value is -4.33. The molecule has 0 saturated heterocycles. The molecule has 7 nitrogen and oxygen atoms in total. The van der Waals surface area contributed by atoms with Crippen molar-refractivity contribution in [1.82, 2.24) is 14.2 Å². The fraction of sp³-hybridized carbons (Fsp3) is 0.100. The third kappa shape index (κ3) is 4.20. The van der Waals surface area contributed by atoms with Crippen LogP contribution in [0.25, 0.3) is 39.1 Å². The van der Waals surface area contributed by atoms with Crippen molar-refractivity contribution in [2.75, 3.05) is 7.11 Å². The molecule has 0 atom stereocenters. The smallest absolute Gasteiger partial charge is 0.282 e. The summed E-state index contributed by atoms with van der Waals surface area (Å²) in [5.41, 5.74) is 4.24. The van der Waals surface area contributed by atoms with Crippen molar-refractivity contribution in [3.05, 3.63) is 110 Å². The number of methoxy groups -OCH3 is 1. The van der Waals surface area contributed by atoms with Gasteiger partial charge >= 0.3 is 0 Å². The predicted molar refractivity (Wildman–Crippen MR) is 156 cm³/mol. The maximum absolute atomic E-state index is 13.6. The van der Waals surface area contributed by atoms with E-state index >= 15 is 0 Å². The average Bonchev–Trinajstić information content (AvgIpc) is 3.50. The third-order valence-corrected chi connectivity index (χ3v) is 7.48. The summed E-state index contributed by atoms with van der Waals surface area (Å²) in [6, 6.07) is 22.0. The van der Waals surface area contributed by atoms with Crippen LogP contribution in [-0.2, 0) is 0 Å². The van der Waals surface area contributed by atoms with Gasteiger partial charge in [-0.25, -0.2) is 4.98 Å². The number of rotatable bonds is 5. The van der Waals surface area contributed by atoms with E-state index in [1.54, 1.807) is 37.6 Å². The van der Waals surface area contributed by atoms with Crippen molar-refractivity contribution in [3.63, 3.8) is 0 Å². The molecule has 39 heavy (non-hydrogen) atoms. The number of aryl methyl sites for hydroxylation is 1. The number of hydrogen-bond donors (Lipinski definition) is 0. The largest absolute Gasteiger partial charge is 0.496 e. The first kappa shape index (κ1) is 25.0. The van der Waals surface area contributed by atoms with Crippen molar-refractivity contribution in [2.24, 2.45) is 5.10 Å². The summed E-state index contributed by atoms with van der Waals surface area (Å²) in [7, 11) is 1.60. The van der Waals surface area contributed by atoms with Gasteiger partial charge in [-0.2, -0.15) is 9.78 Å². The fourth-order valence-corrected chi connectivity index (χ4v) is 5.17. The van der Waals surface area contributed by atoms with Gasteiger partial charge in [-0.3, -0.25) is 4.79 Å². The van der Waals surface area contributed by atoms with Crippen LogP contribution in [0, 0.1) is 13.8 Å². The molecule has 0 radical (unpaired) electrons. The zero-order chi connectivity index (χ0) is 27.3. The number of hydrogen-bond acceptors (Lipinski definition) is 5. The number of para-hydroxylation sites is 1. The van der Waals surface area contributed by atoms with E-state index in [1.807, 2.05) is 66.9 Å². The second kappa shape index (κ2) is 9.76. The Kier molecular flexibility index (Phi) is 6.25. The van der Waals surface area contributed by atoms with Gasteiger partial charge in [0.2, 0.25) is 5.82 Å². The van der Waals surface area contributed by atoms with Crippen molar-refractivity contribution in [2.45, 2.75) is 13.8 Å². The van der Waals surface area contributed by atoms with E-state index in [1.165, 1.54) is 4.68 Å². The minimum atomic E-state index is -0.314. The molecule has 3 aromatic heterocycles. The number of nitrogens with zero attached hydrogens (tertiary/aromatic N) is 4. The van der Waals surface area contributed by atoms with Crippen LogP contribution >= 0.6 is 23.2 Å². The molecule has 6 rings (SSSR count). The van der Waals surface area contributed by atoms with Gasteiger partial charge in [-0.15, -0.1) is 0 Å². The molecule has 0 amide bonds. The van der Waals surface area contributed by atoms with Crippen molar-refractivity contribution in [3.8, 4) is 23.0 Å². The maximum Gasteiger partial charge on any atom is 0.282 e. The van der Waals surface area contributed by atoms with E-state index < -0.39 is 0 Å². The lowest BCUT2D eigenvalue weighted by molar-refractivity contribution is 0.419. The lowest BCUT2D eigenvalue weighted by atomic mass is 10.2. The molecule has 6 aromatic rings. The van der Waals surface area contributed by atoms with E-state index in [0.717, 1.165) is 28.0 Å². The van der Waals surface area contributed by atoms with E-state index in [4.69, 9.17) is 37.3 Å². The summed E-state index contributed by atoms with van der Waals surface area (Å²) >= 11 is 12.8. The molecule has 0 aliphatic carbocycles. The summed E-state index contributed by atoms with van der Waals surface area (Å²) in [4.78, 5) is 18.4. The normalized spacial score (nSPS) is 11.7. The van der Waals surface area contributed by atoms with E-state index in [-0.39, 0.29) is 11.4 Å². The second-order valence-corrected chi connectivity index (χ2v) is 9.82. The number of halogens is 2. The molecule has 3 heterocycles. The van der Waals surface area contributed by atoms with Gasteiger partial charge in [-0.05, 0) is 62.4 Å². The molecule has 3 aromatic carbocycles. The monoisotopic (exact) mass is 556 g/mol. The molecular formula is C30H22Cl2N4O3. The minimum Gasteiger partial charge on any atom is -0.496 e. The number of fused-ring (bicyclic) bond motifs is 2. The van der Waals surface area contributed by atoms with Crippen LogP contribution in [0.3, 0.4) is 0 Å². The molecule has 0 fully saturated rings. The topological polar surface area (TPSA) is 74.6 Å². The molecule has 194 valence electrons. The summed E-state index contributed by atoms with van der Waals surface area (Å²) in [5.74, 6) is 1.33. The van der Waals surface area contributed by atoms with Gasteiger partial charge in [0, 0.05) is 17.0 Å². The number of ether oxygens (including phenoxy) is 1. The van der Waals surface area contributed by atoms with Crippen LogP contribution < -0.4 is 10.3 Å². The Morgan fingerprint density at radius 1 is 0.974 bits per heavy atom. The molecule has 0 unspecified atom stereocenters. The van der Waals surface area contributed by atoms with Crippen LogP contribution in [-0.4, -0.2) is 27.6 Å². The van der Waals surface area contributed by atoms with Crippen LogP contribution in [0.2, 0.25) is 10.0 Å². The van der Waals surface area contributed by atoms with Crippen LogP contribution in [0.5, 0.6) is 5.75 Å². The Labute approximate surface area is 233 Å². The Morgan fingerprint density at radius 2 is 1.77 bits per heavy atom. The third-order valence-electron chi connectivity index (χ3n) is 6.67. The molecule has 0 bridgehead atoms. The van der Waals surface area contributed by atoms with Crippen LogP contribution in [0.1, 0.15) is 17.0 Å². The molecule has 0 spiro atoms. The zero-order valence-corrected chi connectivity index (χ0v) is 22.8. The highest BCUT2D eigenvalue weighted by molar-refractivity contribution is 6.43. The van der Waals surface area contributed by atoms with Gasteiger partial charge in [-0.1, -0.05) is 47.5 Å². The average molecular weight is 557 g/mol. The van der Waals surface area contributed by atoms with E-state index in [0.29, 0.717) is 38.0 Å². The van der Waals surface area contributed by atoms with Crippen LogP contribution in [0.4, 0.5) is 0 Å². The van der Waals surface area contributed by atoms with Crippen molar-refractivity contribution < 1.29 is 9.15 Å². The standard InChI is InChI=1S/C30H22Cl2N4O3/c1-17-14-19(18(2)35(17)24-11-6-9-22(31)28(24)32)16-33-36-29(34-23-10-5-4-8-20(23)30(36)37)27-15-21-25(38-3)12-7-13-26(21)39-27/h4-16H,1-3H3. The lowest BCUT2D eigenvalue weighted by Crippen LogP contribution is -2.20. The fourth-order valence-electron chi connectivity index (χ4n) is 4.79. The SMILES string of the molecule is COc1cccc2oc(-c3nc4ccccc4c(=O)n3N=Cc3cc(C)n(-c4cccc(Cl)c4Cl)c3C)cc12. The van der Waals surface area contributed by atoms with Gasteiger partial charge < -0.3 is 13.7 Å². The van der Waals surface area contributed by atoms with Gasteiger partial charge in [0.25, 0.3) is 5.56 Å². The van der Waals surface area contributed by atoms with Crippen LogP contribution in [0.15, 0.2) is 87.1 Å². The Bertz CT molecular complexity index is 1980. The van der Waals surface area contributed by atoms with E-state index in [9.17, 15) is 4.79 Å². The quantitative estimate of drug-likeness (QED) is 0.207. The van der Waals surface area contributed by atoms with E-state index in [2.05, 4.69) is 5.10 Å². The lowest BCUT2D eigenvalue weighted by Gasteiger charge is -2.12.